The summed E-state index contributed by atoms with van der Waals surface area (Å²) >= 11 is 0. The number of fused-ring (bicyclic) bond motifs is 1. The number of carbonyl (C=O) groups is 1. The molecule has 1 heterocycles. The molecule has 0 fully saturated rings. The van der Waals surface area contributed by atoms with Crippen molar-refractivity contribution >= 4 is 23.0 Å². The van der Waals surface area contributed by atoms with Crippen molar-refractivity contribution in [3.63, 3.8) is 0 Å². The molecule has 0 atom stereocenters. The zero-order valence-corrected chi connectivity index (χ0v) is 19.6. The van der Waals surface area contributed by atoms with Crippen LogP contribution in [0, 0.1) is 6.92 Å². The average molecular weight is 455 g/mol. The van der Waals surface area contributed by atoms with Crippen molar-refractivity contribution in [2.45, 2.75) is 33.1 Å². The molecule has 0 radical (unpaired) electrons. The second kappa shape index (κ2) is 9.40. The number of benzene rings is 3. The van der Waals surface area contributed by atoms with E-state index in [4.69, 9.17) is 13.9 Å². The van der Waals surface area contributed by atoms with Crippen LogP contribution < -0.4 is 14.9 Å². The van der Waals surface area contributed by atoms with E-state index in [1.807, 2.05) is 55.5 Å². The molecule has 0 aliphatic heterocycles. The average Bonchev–Trinajstić information content (AvgIpc) is 2.80. The zero-order valence-electron chi connectivity index (χ0n) is 19.6. The van der Waals surface area contributed by atoms with Crippen LogP contribution in [0.2, 0.25) is 0 Å². The summed E-state index contributed by atoms with van der Waals surface area (Å²) in [6.07, 6.45) is 4.30. The van der Waals surface area contributed by atoms with Crippen LogP contribution >= 0.6 is 0 Å². The van der Waals surface area contributed by atoms with Crippen LogP contribution in [-0.2, 0) is 10.2 Å². The summed E-state index contributed by atoms with van der Waals surface area (Å²) in [7, 11) is 0. The van der Waals surface area contributed by atoms with Gasteiger partial charge in [-0.3, -0.25) is 4.79 Å². The Morgan fingerprint density at radius 3 is 2.26 bits per heavy atom. The minimum absolute atomic E-state index is 0.0259. The largest absolute Gasteiger partial charge is 0.460 e. The summed E-state index contributed by atoms with van der Waals surface area (Å²) in [6, 6.07) is 20.0. The lowest BCUT2D eigenvalue weighted by Gasteiger charge is -2.19. The number of carbonyl (C=O) groups excluding carboxylic acids is 1. The molecule has 4 aromatic rings. The van der Waals surface area contributed by atoms with Crippen LogP contribution in [0.1, 0.15) is 37.5 Å². The van der Waals surface area contributed by atoms with Gasteiger partial charge in [-0.05, 0) is 53.8 Å². The molecule has 172 valence electrons. The van der Waals surface area contributed by atoms with E-state index in [0.717, 1.165) is 11.1 Å². The first-order valence-electron chi connectivity index (χ1n) is 11.0. The molecular formula is C29H26O5. The van der Waals surface area contributed by atoms with Crippen LogP contribution in [0.4, 0.5) is 0 Å². The highest BCUT2D eigenvalue weighted by Crippen LogP contribution is 2.27. The third kappa shape index (κ3) is 5.44. The quantitative estimate of drug-likeness (QED) is 0.188. The van der Waals surface area contributed by atoms with E-state index in [1.165, 1.54) is 24.0 Å². The number of esters is 1. The third-order valence-corrected chi connectivity index (χ3v) is 5.37. The molecule has 0 amide bonds. The lowest BCUT2D eigenvalue weighted by molar-refractivity contribution is -0.128. The van der Waals surface area contributed by atoms with Gasteiger partial charge in [-0.1, -0.05) is 62.7 Å². The maximum absolute atomic E-state index is 12.9. The van der Waals surface area contributed by atoms with E-state index in [1.54, 1.807) is 18.2 Å². The molecule has 0 spiro atoms. The molecule has 0 unspecified atom stereocenters. The minimum atomic E-state index is -0.527. The monoisotopic (exact) mass is 454 g/mol. The van der Waals surface area contributed by atoms with Crippen LogP contribution in [0.3, 0.4) is 0 Å². The first-order valence-corrected chi connectivity index (χ1v) is 11.0. The molecule has 5 heteroatoms. The summed E-state index contributed by atoms with van der Waals surface area (Å²) < 4.78 is 16.7. The first-order chi connectivity index (χ1) is 16.2. The Labute approximate surface area is 198 Å². The molecular weight excluding hydrogens is 428 g/mol. The maximum Gasteiger partial charge on any atom is 0.336 e. The van der Waals surface area contributed by atoms with E-state index < -0.39 is 5.97 Å². The molecule has 0 saturated heterocycles. The Morgan fingerprint density at radius 1 is 0.912 bits per heavy atom. The molecule has 0 N–H and O–H groups in total. The van der Waals surface area contributed by atoms with Crippen molar-refractivity contribution < 1.29 is 18.7 Å². The highest BCUT2D eigenvalue weighted by atomic mass is 16.5. The minimum Gasteiger partial charge on any atom is -0.460 e. The van der Waals surface area contributed by atoms with Gasteiger partial charge in [-0.2, -0.15) is 0 Å². The standard InChI is InChI=1S/C29H26O5/c1-19-5-7-20(8-6-19)9-16-27(30)34-23-14-15-24-25(17-23)32-18-26(28(24)31)33-22-12-10-21(11-13-22)29(2,3)4/h5-18H,1-4H3. The molecule has 3 aromatic carbocycles. The van der Waals surface area contributed by atoms with Gasteiger partial charge in [0.25, 0.3) is 0 Å². The molecule has 0 aliphatic carbocycles. The topological polar surface area (TPSA) is 65.7 Å². The van der Waals surface area contributed by atoms with Crippen molar-refractivity contribution in [2.24, 2.45) is 0 Å². The second-order valence-electron chi connectivity index (χ2n) is 9.13. The van der Waals surface area contributed by atoms with Crippen LogP contribution in [0.25, 0.3) is 17.0 Å². The predicted molar refractivity (Wildman–Crippen MR) is 134 cm³/mol. The lowest BCUT2D eigenvalue weighted by atomic mass is 9.87. The summed E-state index contributed by atoms with van der Waals surface area (Å²) in [6.45, 7) is 8.39. The highest BCUT2D eigenvalue weighted by Gasteiger charge is 2.14. The number of hydrogen-bond acceptors (Lipinski definition) is 5. The molecule has 34 heavy (non-hydrogen) atoms. The van der Waals surface area contributed by atoms with E-state index in [9.17, 15) is 9.59 Å². The Kier molecular flexibility index (Phi) is 6.37. The summed E-state index contributed by atoms with van der Waals surface area (Å²) in [5, 5.41) is 0.332. The van der Waals surface area contributed by atoms with Gasteiger partial charge < -0.3 is 13.9 Å². The molecule has 0 bridgehead atoms. The zero-order chi connectivity index (χ0) is 24.3. The van der Waals surface area contributed by atoms with Gasteiger partial charge in [-0.15, -0.1) is 0 Å². The highest BCUT2D eigenvalue weighted by molar-refractivity contribution is 5.89. The second-order valence-corrected chi connectivity index (χ2v) is 9.13. The van der Waals surface area contributed by atoms with Gasteiger partial charge in [0.05, 0.1) is 5.39 Å². The Morgan fingerprint density at radius 2 is 1.59 bits per heavy atom. The number of ether oxygens (including phenoxy) is 2. The Balaban J connectivity index is 1.48. The molecule has 1 aromatic heterocycles. The summed E-state index contributed by atoms with van der Waals surface area (Å²) in [5.41, 5.74) is 3.22. The fourth-order valence-corrected chi connectivity index (χ4v) is 3.37. The SMILES string of the molecule is Cc1ccc(C=CC(=O)Oc2ccc3c(=O)c(Oc4ccc(C(C)(C)C)cc4)coc3c2)cc1. The number of rotatable bonds is 5. The fourth-order valence-electron chi connectivity index (χ4n) is 3.37. The van der Waals surface area contributed by atoms with Gasteiger partial charge in [-0.25, -0.2) is 4.79 Å². The van der Waals surface area contributed by atoms with Crippen molar-refractivity contribution in [3.05, 3.63) is 106 Å². The van der Waals surface area contributed by atoms with Gasteiger partial charge >= 0.3 is 5.97 Å². The van der Waals surface area contributed by atoms with Crippen LogP contribution in [0.15, 0.2) is 88.3 Å². The van der Waals surface area contributed by atoms with Gasteiger partial charge in [0.1, 0.15) is 23.3 Å². The lowest BCUT2D eigenvalue weighted by Crippen LogP contribution is -2.10. The van der Waals surface area contributed by atoms with Crippen molar-refractivity contribution in [3.8, 4) is 17.2 Å². The maximum atomic E-state index is 12.9. The first kappa shape index (κ1) is 23.1. The van der Waals surface area contributed by atoms with E-state index in [2.05, 4.69) is 20.8 Å². The molecule has 0 saturated carbocycles. The Hall–Kier alpha value is -4.12. The van der Waals surface area contributed by atoms with Crippen LogP contribution in [0.5, 0.6) is 17.2 Å². The van der Waals surface area contributed by atoms with E-state index in [-0.39, 0.29) is 22.3 Å². The normalized spacial score (nSPS) is 11.6. The van der Waals surface area contributed by atoms with Crippen molar-refractivity contribution in [1.29, 1.82) is 0 Å². The molecule has 0 aliphatic rings. The van der Waals surface area contributed by atoms with Crippen LogP contribution in [-0.4, -0.2) is 5.97 Å². The van der Waals surface area contributed by atoms with Crippen molar-refractivity contribution in [1.82, 2.24) is 0 Å². The smallest absolute Gasteiger partial charge is 0.336 e. The fraction of sp³-hybridized carbons (Fsp3) is 0.172. The van der Waals surface area contributed by atoms with Gasteiger partial charge in [0.2, 0.25) is 11.2 Å². The van der Waals surface area contributed by atoms with E-state index in [0.29, 0.717) is 16.7 Å². The van der Waals surface area contributed by atoms with E-state index >= 15 is 0 Å². The van der Waals surface area contributed by atoms with Gasteiger partial charge in [0.15, 0.2) is 0 Å². The van der Waals surface area contributed by atoms with Crippen molar-refractivity contribution in [2.75, 3.05) is 0 Å². The third-order valence-electron chi connectivity index (χ3n) is 5.37. The number of aryl methyl sites for hydroxylation is 1. The Bertz CT molecular complexity index is 1400. The summed E-state index contributed by atoms with van der Waals surface area (Å²) in [5.74, 6) is 0.383. The number of hydrogen-bond donors (Lipinski definition) is 0. The molecule has 4 rings (SSSR count). The van der Waals surface area contributed by atoms with Gasteiger partial charge in [0, 0.05) is 12.1 Å². The predicted octanol–water partition coefficient (Wildman–Crippen LogP) is 6.81. The summed E-state index contributed by atoms with van der Waals surface area (Å²) in [4.78, 5) is 25.0. The molecule has 5 nitrogen and oxygen atoms in total.